The minimum Gasteiger partial charge on any atom is -0.464 e. The molecule has 3 N–H and O–H groups in total. The van der Waals surface area contributed by atoms with Crippen molar-refractivity contribution in [2.45, 2.75) is 19.9 Å². The fourth-order valence-electron chi connectivity index (χ4n) is 1.81. The molecule has 23 heavy (non-hydrogen) atoms. The maximum absolute atomic E-state index is 12.1. The van der Waals surface area contributed by atoms with E-state index in [0.717, 1.165) is 12.2 Å². The van der Waals surface area contributed by atoms with Crippen LogP contribution in [0.1, 0.15) is 24.2 Å². The van der Waals surface area contributed by atoms with Gasteiger partial charge in [0.2, 0.25) is 0 Å². The second kappa shape index (κ2) is 8.49. The number of rotatable bonds is 8. The van der Waals surface area contributed by atoms with E-state index >= 15 is 0 Å². The first-order chi connectivity index (χ1) is 10.8. The molecular formula is C14H20N2O6S. The van der Waals surface area contributed by atoms with Gasteiger partial charge in [-0.05, 0) is 38.1 Å². The van der Waals surface area contributed by atoms with E-state index in [0.29, 0.717) is 0 Å². The molecule has 0 heterocycles. The van der Waals surface area contributed by atoms with Gasteiger partial charge in [-0.15, -0.1) is 0 Å². The van der Waals surface area contributed by atoms with Crippen LogP contribution in [0.2, 0.25) is 0 Å². The van der Waals surface area contributed by atoms with Gasteiger partial charge in [0.25, 0.3) is 16.0 Å². The van der Waals surface area contributed by atoms with Crippen molar-refractivity contribution in [3.63, 3.8) is 0 Å². The number of esters is 1. The van der Waals surface area contributed by atoms with Gasteiger partial charge in [0.05, 0.1) is 6.61 Å². The molecule has 128 valence electrons. The zero-order valence-corrected chi connectivity index (χ0v) is 13.7. The Kier molecular flexibility index (Phi) is 6.98. The first-order valence-electron chi connectivity index (χ1n) is 7.03. The van der Waals surface area contributed by atoms with Crippen molar-refractivity contribution in [1.29, 1.82) is 0 Å². The standard InChI is InChI=1S/C14H20N2O6S/c1-3-15-11-7-5-10(6-8-11)13(17)16-12(9-23(19,20)21)14(18)22-4-2/h5-8,12,15H,3-4,9H2,1-2H3,(H,16,17)(H,19,20,21). The molecule has 9 heteroatoms. The number of anilines is 1. The average molecular weight is 344 g/mol. The van der Waals surface area contributed by atoms with Crippen molar-refractivity contribution in [1.82, 2.24) is 5.32 Å². The van der Waals surface area contributed by atoms with E-state index in [4.69, 9.17) is 9.29 Å². The number of carbonyl (C=O) groups is 2. The molecule has 1 aromatic rings. The fraction of sp³-hybridized carbons (Fsp3) is 0.429. The van der Waals surface area contributed by atoms with Gasteiger partial charge in [-0.25, -0.2) is 4.79 Å². The summed E-state index contributed by atoms with van der Waals surface area (Å²) in [7, 11) is -4.45. The summed E-state index contributed by atoms with van der Waals surface area (Å²) >= 11 is 0. The number of nitrogens with one attached hydrogen (secondary N) is 2. The van der Waals surface area contributed by atoms with Gasteiger partial charge in [-0.3, -0.25) is 9.35 Å². The fourth-order valence-corrected chi connectivity index (χ4v) is 2.45. The normalized spacial score (nSPS) is 12.3. The third kappa shape index (κ3) is 6.66. The molecule has 1 rings (SSSR count). The van der Waals surface area contributed by atoms with E-state index in [1.807, 2.05) is 6.92 Å². The summed E-state index contributed by atoms with van der Waals surface area (Å²) in [6.45, 7) is 4.22. The molecule has 0 spiro atoms. The maximum atomic E-state index is 12.1. The smallest absolute Gasteiger partial charge is 0.329 e. The lowest BCUT2D eigenvalue weighted by Crippen LogP contribution is -2.46. The second-order valence-corrected chi connectivity index (χ2v) is 6.13. The monoisotopic (exact) mass is 344 g/mol. The minimum atomic E-state index is -4.45. The number of hydrogen-bond acceptors (Lipinski definition) is 6. The highest BCUT2D eigenvalue weighted by molar-refractivity contribution is 7.85. The van der Waals surface area contributed by atoms with Crippen LogP contribution in [0.3, 0.4) is 0 Å². The van der Waals surface area contributed by atoms with Gasteiger partial charge in [0.15, 0.2) is 0 Å². The minimum absolute atomic E-state index is 0.0219. The van der Waals surface area contributed by atoms with Gasteiger partial charge in [0, 0.05) is 17.8 Å². The molecule has 0 radical (unpaired) electrons. The van der Waals surface area contributed by atoms with E-state index < -0.39 is 33.8 Å². The SMILES string of the molecule is CCNc1ccc(C(=O)NC(CS(=O)(=O)O)C(=O)OCC)cc1. The Hall–Kier alpha value is -2.13. The summed E-state index contributed by atoms with van der Waals surface area (Å²) in [4.78, 5) is 23.8. The van der Waals surface area contributed by atoms with Crippen molar-refractivity contribution in [2.75, 3.05) is 24.2 Å². The van der Waals surface area contributed by atoms with Crippen LogP contribution in [0, 0.1) is 0 Å². The molecular weight excluding hydrogens is 324 g/mol. The van der Waals surface area contributed by atoms with E-state index in [1.54, 1.807) is 19.1 Å². The Morgan fingerprint density at radius 1 is 1.22 bits per heavy atom. The Balaban J connectivity index is 2.84. The van der Waals surface area contributed by atoms with E-state index in [9.17, 15) is 18.0 Å². The maximum Gasteiger partial charge on any atom is 0.329 e. The lowest BCUT2D eigenvalue weighted by molar-refractivity contribution is -0.144. The summed E-state index contributed by atoms with van der Waals surface area (Å²) in [6, 6.07) is 4.94. The summed E-state index contributed by atoms with van der Waals surface area (Å²) in [6.07, 6.45) is 0. The van der Waals surface area contributed by atoms with Crippen LogP contribution in [-0.2, 0) is 19.6 Å². The van der Waals surface area contributed by atoms with Gasteiger partial charge in [-0.1, -0.05) is 0 Å². The van der Waals surface area contributed by atoms with Gasteiger partial charge in [0.1, 0.15) is 11.8 Å². The van der Waals surface area contributed by atoms with E-state index in [-0.39, 0.29) is 12.2 Å². The third-order valence-electron chi connectivity index (χ3n) is 2.78. The molecule has 1 atom stereocenters. The zero-order chi connectivity index (χ0) is 17.5. The molecule has 8 nitrogen and oxygen atoms in total. The van der Waals surface area contributed by atoms with Crippen molar-refractivity contribution >= 4 is 27.7 Å². The number of hydrogen-bond donors (Lipinski definition) is 3. The van der Waals surface area contributed by atoms with Crippen molar-refractivity contribution in [3.05, 3.63) is 29.8 Å². The van der Waals surface area contributed by atoms with Crippen LogP contribution >= 0.6 is 0 Å². The van der Waals surface area contributed by atoms with Crippen LogP contribution in [0.4, 0.5) is 5.69 Å². The Labute approximate surface area is 135 Å². The van der Waals surface area contributed by atoms with Crippen LogP contribution in [0.15, 0.2) is 24.3 Å². The largest absolute Gasteiger partial charge is 0.464 e. The number of benzene rings is 1. The van der Waals surface area contributed by atoms with Crippen LogP contribution in [0.25, 0.3) is 0 Å². The van der Waals surface area contributed by atoms with Crippen molar-refractivity contribution in [3.8, 4) is 0 Å². The number of carbonyl (C=O) groups excluding carboxylic acids is 2. The molecule has 0 aromatic heterocycles. The third-order valence-corrected chi connectivity index (χ3v) is 3.54. The number of ether oxygens (including phenoxy) is 1. The van der Waals surface area contributed by atoms with Crippen molar-refractivity contribution in [2.24, 2.45) is 0 Å². The quantitative estimate of drug-likeness (QED) is 0.468. The highest BCUT2D eigenvalue weighted by atomic mass is 32.2. The predicted octanol–water partition coefficient (Wildman–Crippen LogP) is 0.668. The van der Waals surface area contributed by atoms with Gasteiger partial charge in [-0.2, -0.15) is 8.42 Å². The summed E-state index contributed by atoms with van der Waals surface area (Å²) in [5.41, 5.74) is 1.07. The highest BCUT2D eigenvalue weighted by Crippen LogP contribution is 2.09. The molecule has 1 unspecified atom stereocenters. The predicted molar refractivity (Wildman–Crippen MR) is 84.9 cm³/mol. The van der Waals surface area contributed by atoms with E-state index in [1.165, 1.54) is 12.1 Å². The zero-order valence-electron chi connectivity index (χ0n) is 12.9. The van der Waals surface area contributed by atoms with E-state index in [2.05, 4.69) is 10.6 Å². The first-order valence-corrected chi connectivity index (χ1v) is 8.64. The molecule has 0 aliphatic heterocycles. The lowest BCUT2D eigenvalue weighted by atomic mass is 10.2. The molecule has 0 saturated heterocycles. The Morgan fingerprint density at radius 3 is 2.30 bits per heavy atom. The molecule has 0 aliphatic carbocycles. The summed E-state index contributed by atoms with van der Waals surface area (Å²) < 4.78 is 35.5. The van der Waals surface area contributed by atoms with Crippen LogP contribution < -0.4 is 10.6 Å². The van der Waals surface area contributed by atoms with Crippen molar-refractivity contribution < 1.29 is 27.3 Å². The Bertz CT molecular complexity index is 642. The number of amides is 1. The van der Waals surface area contributed by atoms with Crippen LogP contribution in [-0.4, -0.2) is 49.8 Å². The Morgan fingerprint density at radius 2 is 1.83 bits per heavy atom. The molecule has 1 amide bonds. The van der Waals surface area contributed by atoms with Gasteiger partial charge < -0.3 is 15.4 Å². The topological polar surface area (TPSA) is 122 Å². The lowest BCUT2D eigenvalue weighted by Gasteiger charge is -2.16. The molecule has 0 fully saturated rings. The average Bonchev–Trinajstić information content (AvgIpc) is 2.46. The van der Waals surface area contributed by atoms with Crippen LogP contribution in [0.5, 0.6) is 0 Å². The molecule has 0 bridgehead atoms. The highest BCUT2D eigenvalue weighted by Gasteiger charge is 2.27. The van der Waals surface area contributed by atoms with Gasteiger partial charge >= 0.3 is 5.97 Å². The summed E-state index contributed by atoms with van der Waals surface area (Å²) in [5, 5.41) is 5.32. The first kappa shape index (κ1) is 18.9. The second-order valence-electron chi connectivity index (χ2n) is 4.63. The molecule has 1 aromatic carbocycles. The molecule has 0 aliphatic rings. The summed E-state index contributed by atoms with van der Waals surface area (Å²) in [5.74, 6) is -2.52. The molecule has 0 saturated carbocycles.